The third kappa shape index (κ3) is 4.58. The maximum atomic E-state index is 13.4. The number of carbonyl (C=O) groups is 2. The van der Waals surface area contributed by atoms with Gasteiger partial charge in [-0.2, -0.15) is 4.98 Å². The maximum absolute atomic E-state index is 13.4. The van der Waals surface area contributed by atoms with Gasteiger partial charge in [-0.05, 0) is 55.8 Å². The molecule has 2 N–H and O–H groups in total. The summed E-state index contributed by atoms with van der Waals surface area (Å²) in [5.41, 5.74) is 5.26. The lowest BCUT2D eigenvalue weighted by Crippen LogP contribution is -2.46. The second-order valence-corrected chi connectivity index (χ2v) is 8.60. The van der Waals surface area contributed by atoms with Crippen LogP contribution in [0.15, 0.2) is 73.1 Å². The fourth-order valence-electron chi connectivity index (χ4n) is 4.00. The Hall–Kier alpha value is -4.79. The lowest BCUT2D eigenvalue weighted by molar-refractivity contribution is 0.102. The molecule has 0 atom stereocenters. The number of amides is 3. The molecule has 3 heterocycles. The third-order valence-corrected chi connectivity index (χ3v) is 5.97. The topological polar surface area (TPSA) is 103 Å². The van der Waals surface area contributed by atoms with Crippen molar-refractivity contribution < 1.29 is 9.59 Å². The molecule has 2 aromatic carbocycles. The molecule has 1 aliphatic heterocycles. The molecule has 4 aromatic rings. The second-order valence-electron chi connectivity index (χ2n) is 8.60. The number of nitrogens with one attached hydrogen (secondary N) is 2. The molecule has 36 heavy (non-hydrogen) atoms. The predicted molar refractivity (Wildman–Crippen MR) is 140 cm³/mol. The Kier molecular flexibility index (Phi) is 6.03. The fraction of sp³-hybridized carbons (Fsp3) is 0.148. The van der Waals surface area contributed by atoms with Crippen LogP contribution in [0.25, 0.3) is 0 Å². The maximum Gasteiger partial charge on any atom is 0.330 e. The first-order valence-electron chi connectivity index (χ1n) is 11.5. The average molecular weight is 480 g/mol. The van der Waals surface area contributed by atoms with Gasteiger partial charge in [0.25, 0.3) is 5.91 Å². The monoisotopic (exact) mass is 479 g/mol. The smallest absolute Gasteiger partial charge is 0.323 e. The Labute approximate surface area is 208 Å². The minimum Gasteiger partial charge on any atom is -0.323 e. The summed E-state index contributed by atoms with van der Waals surface area (Å²) in [6.07, 6.45) is 3.43. The highest BCUT2D eigenvalue weighted by atomic mass is 16.2. The summed E-state index contributed by atoms with van der Waals surface area (Å²) in [5, 5.41) is 6.05. The molecule has 0 saturated heterocycles. The van der Waals surface area contributed by atoms with Crippen molar-refractivity contribution in [2.45, 2.75) is 20.4 Å². The van der Waals surface area contributed by atoms with Crippen LogP contribution in [0.5, 0.6) is 0 Å². The van der Waals surface area contributed by atoms with Crippen LogP contribution in [-0.2, 0) is 6.54 Å². The van der Waals surface area contributed by atoms with Gasteiger partial charge in [0.1, 0.15) is 5.82 Å². The number of aromatic nitrogens is 3. The number of nitrogens with zero attached hydrogens (tertiary/aromatic N) is 5. The minimum atomic E-state index is -0.223. The Balaban J connectivity index is 1.39. The van der Waals surface area contributed by atoms with Crippen LogP contribution in [-0.4, -0.2) is 33.9 Å². The number of urea groups is 1. The van der Waals surface area contributed by atoms with Gasteiger partial charge in [0.15, 0.2) is 0 Å². The highest BCUT2D eigenvalue weighted by Gasteiger charge is 2.31. The van der Waals surface area contributed by atoms with E-state index < -0.39 is 0 Å². The van der Waals surface area contributed by atoms with Crippen LogP contribution in [0, 0.1) is 13.8 Å². The van der Waals surface area contributed by atoms with Crippen molar-refractivity contribution in [3.05, 3.63) is 95.4 Å². The number of pyridine rings is 1. The van der Waals surface area contributed by atoms with E-state index >= 15 is 0 Å². The van der Waals surface area contributed by atoms with E-state index in [-0.39, 0.29) is 11.9 Å². The molecule has 0 radical (unpaired) electrons. The van der Waals surface area contributed by atoms with Crippen molar-refractivity contribution in [1.29, 1.82) is 0 Å². The highest BCUT2D eigenvalue weighted by molar-refractivity contribution is 6.07. The van der Waals surface area contributed by atoms with Gasteiger partial charge < -0.3 is 10.6 Å². The number of aryl methyl sites for hydroxylation is 2. The van der Waals surface area contributed by atoms with Crippen LogP contribution < -0.4 is 20.4 Å². The van der Waals surface area contributed by atoms with Gasteiger partial charge in [-0.25, -0.2) is 9.78 Å². The van der Waals surface area contributed by atoms with Crippen molar-refractivity contribution in [2.75, 3.05) is 27.5 Å². The lowest BCUT2D eigenvalue weighted by atomic mass is 10.1. The number of carbonyl (C=O) groups excluding carboxylic acids is 2. The minimum absolute atomic E-state index is 0.213. The zero-order valence-electron chi connectivity index (χ0n) is 20.2. The molecule has 9 nitrogen and oxygen atoms in total. The quantitative estimate of drug-likeness (QED) is 0.415. The molecule has 0 unspecified atom stereocenters. The number of hydrogen-bond donors (Lipinski definition) is 2. The van der Waals surface area contributed by atoms with E-state index in [2.05, 4.69) is 25.6 Å². The summed E-state index contributed by atoms with van der Waals surface area (Å²) in [4.78, 5) is 42.4. The van der Waals surface area contributed by atoms with Gasteiger partial charge in [-0.3, -0.25) is 19.6 Å². The van der Waals surface area contributed by atoms with Crippen LogP contribution in [0.4, 0.5) is 33.6 Å². The highest BCUT2D eigenvalue weighted by Crippen LogP contribution is 2.33. The van der Waals surface area contributed by atoms with E-state index in [1.54, 1.807) is 36.5 Å². The van der Waals surface area contributed by atoms with E-state index in [0.29, 0.717) is 35.2 Å². The summed E-state index contributed by atoms with van der Waals surface area (Å²) in [6, 6.07) is 18.1. The fourth-order valence-corrected chi connectivity index (χ4v) is 4.00. The largest absolute Gasteiger partial charge is 0.330 e. The molecule has 5 rings (SSSR count). The van der Waals surface area contributed by atoms with Gasteiger partial charge in [-0.15, -0.1) is 0 Å². The van der Waals surface area contributed by atoms with E-state index in [1.165, 1.54) is 4.90 Å². The van der Waals surface area contributed by atoms with Gasteiger partial charge >= 0.3 is 6.03 Å². The summed E-state index contributed by atoms with van der Waals surface area (Å²) >= 11 is 0. The Morgan fingerprint density at radius 2 is 1.72 bits per heavy atom. The molecule has 0 aliphatic carbocycles. The average Bonchev–Trinajstić information content (AvgIpc) is 2.89. The molecule has 0 saturated carbocycles. The molecular formula is C27H25N7O2. The first-order chi connectivity index (χ1) is 17.4. The Bertz CT molecular complexity index is 1440. The molecule has 0 fully saturated rings. The first kappa shape index (κ1) is 23.0. The van der Waals surface area contributed by atoms with Gasteiger partial charge in [0, 0.05) is 35.8 Å². The predicted octanol–water partition coefficient (Wildman–Crippen LogP) is 5.06. The van der Waals surface area contributed by atoms with Gasteiger partial charge in [0.05, 0.1) is 24.1 Å². The van der Waals surface area contributed by atoms with Crippen molar-refractivity contribution >= 4 is 40.8 Å². The van der Waals surface area contributed by atoms with Crippen LogP contribution in [0.2, 0.25) is 0 Å². The molecule has 3 amide bonds. The van der Waals surface area contributed by atoms with Crippen LogP contribution in [0.3, 0.4) is 0 Å². The van der Waals surface area contributed by atoms with Crippen LogP contribution in [0.1, 0.15) is 27.2 Å². The first-order valence-corrected chi connectivity index (χ1v) is 11.5. The van der Waals surface area contributed by atoms with E-state index in [0.717, 1.165) is 22.5 Å². The number of rotatable bonds is 5. The molecule has 0 bridgehead atoms. The van der Waals surface area contributed by atoms with Crippen molar-refractivity contribution in [2.24, 2.45) is 0 Å². The SMILES string of the molecule is Cc1ccc(Nc2ncc3c(n2)N(C)C(=O)N(c2cc(NC(=O)c4ccccc4)ccc2C)C3)cn1. The molecule has 9 heteroatoms. The van der Waals surface area contributed by atoms with Gasteiger partial charge in [-0.1, -0.05) is 24.3 Å². The molecule has 2 aromatic heterocycles. The third-order valence-electron chi connectivity index (χ3n) is 5.97. The normalized spacial score (nSPS) is 12.8. The summed E-state index contributed by atoms with van der Waals surface area (Å²) in [7, 11) is 1.69. The molecule has 1 aliphatic rings. The van der Waals surface area contributed by atoms with Crippen molar-refractivity contribution in [1.82, 2.24) is 15.0 Å². The molecule has 180 valence electrons. The van der Waals surface area contributed by atoms with Crippen molar-refractivity contribution in [3.63, 3.8) is 0 Å². The Morgan fingerprint density at radius 3 is 2.47 bits per heavy atom. The van der Waals surface area contributed by atoms with E-state index in [4.69, 9.17) is 0 Å². The zero-order valence-corrected chi connectivity index (χ0v) is 20.2. The summed E-state index contributed by atoms with van der Waals surface area (Å²) < 4.78 is 0. The van der Waals surface area contributed by atoms with Crippen molar-refractivity contribution in [3.8, 4) is 0 Å². The number of benzene rings is 2. The number of hydrogen-bond acceptors (Lipinski definition) is 6. The Morgan fingerprint density at radius 1 is 0.944 bits per heavy atom. The number of anilines is 5. The lowest BCUT2D eigenvalue weighted by Gasteiger charge is -2.35. The zero-order chi connectivity index (χ0) is 25.2. The summed E-state index contributed by atoms with van der Waals surface area (Å²) in [5.74, 6) is 0.712. The van der Waals surface area contributed by atoms with E-state index in [1.807, 2.05) is 62.4 Å². The molecular weight excluding hydrogens is 454 g/mol. The standard InChI is InChI=1S/C27H25N7O2/c1-17-9-11-21(30-25(35)19-7-5-4-6-8-19)13-23(17)34-16-20-14-29-26(32-24(20)33(3)27(34)36)31-22-12-10-18(2)28-15-22/h4-15H,16H2,1-3H3,(H,30,35)(H,29,31,32). The van der Waals surface area contributed by atoms with E-state index in [9.17, 15) is 9.59 Å². The number of fused-ring (bicyclic) bond motifs is 1. The second kappa shape index (κ2) is 9.46. The molecule has 0 spiro atoms. The summed E-state index contributed by atoms with van der Waals surface area (Å²) in [6.45, 7) is 4.15. The van der Waals surface area contributed by atoms with Crippen LogP contribution >= 0.6 is 0 Å². The van der Waals surface area contributed by atoms with Gasteiger partial charge in [0.2, 0.25) is 5.95 Å².